The van der Waals surface area contributed by atoms with Crippen molar-refractivity contribution in [2.45, 2.75) is 70.7 Å². The molecule has 0 aliphatic rings. The lowest BCUT2D eigenvalue weighted by atomic mass is 10.2. The molecule has 0 saturated carbocycles. The topological polar surface area (TPSA) is 18.5 Å². The van der Waals surface area contributed by atoms with Crippen LogP contribution in [0.5, 0.6) is 0 Å². The molecule has 0 fully saturated rings. The fraction of sp³-hybridized carbons (Fsp3) is 0.857. The van der Waals surface area contributed by atoms with Crippen LogP contribution >= 0.6 is 0 Å². The van der Waals surface area contributed by atoms with E-state index < -0.39 is 8.07 Å². The van der Waals surface area contributed by atoms with E-state index in [0.29, 0.717) is 5.73 Å². The fourth-order valence-corrected chi connectivity index (χ4v) is 4.57. The van der Waals surface area contributed by atoms with Gasteiger partial charge < -0.3 is 9.47 Å². The Bertz CT molecular complexity index is 204. The largest absolute Gasteiger partial charge is 0.356 e. The highest BCUT2D eigenvalue weighted by Crippen LogP contribution is 2.24. The number of rotatable bonds is 10. The van der Waals surface area contributed by atoms with Crippen LogP contribution in [0.1, 0.15) is 39.5 Å². The van der Waals surface area contributed by atoms with E-state index in [9.17, 15) is 0 Å². The maximum Gasteiger partial charge on any atom is 0.154 e. The molecule has 17 heavy (non-hydrogen) atoms. The zero-order valence-electron chi connectivity index (χ0n) is 12.3. The Kier molecular flexibility index (Phi) is 8.83. The lowest BCUT2D eigenvalue weighted by molar-refractivity contribution is -0.127. The standard InChI is InChI=1S/C14H30O2Si/c1-7-9-10-11-14(16-13(3)15-4)17(5,6)12-8-2/h8,13-14H,2,7,9-12H2,1,3-6H3. The Labute approximate surface area is 108 Å². The third-order valence-corrected chi connectivity index (χ3v) is 6.81. The van der Waals surface area contributed by atoms with Gasteiger partial charge in [-0.15, -0.1) is 6.58 Å². The smallest absolute Gasteiger partial charge is 0.154 e. The lowest BCUT2D eigenvalue weighted by Crippen LogP contribution is -2.44. The maximum absolute atomic E-state index is 6.06. The molecule has 3 heteroatoms. The second-order valence-electron chi connectivity index (χ2n) is 5.41. The number of methoxy groups -OCH3 is 1. The van der Waals surface area contributed by atoms with Crippen molar-refractivity contribution in [3.05, 3.63) is 12.7 Å². The summed E-state index contributed by atoms with van der Waals surface area (Å²) in [7, 11) is 0.322. The summed E-state index contributed by atoms with van der Waals surface area (Å²) in [6, 6.07) is 1.11. The number of unbranched alkanes of at least 4 members (excludes halogenated alkanes) is 2. The normalized spacial score (nSPS) is 15.6. The summed E-state index contributed by atoms with van der Waals surface area (Å²) < 4.78 is 11.3. The number of allylic oxidation sites excluding steroid dienone is 1. The molecule has 0 N–H and O–H groups in total. The van der Waals surface area contributed by atoms with Gasteiger partial charge in [-0.1, -0.05) is 45.4 Å². The van der Waals surface area contributed by atoms with E-state index in [4.69, 9.17) is 9.47 Å². The van der Waals surface area contributed by atoms with Crippen LogP contribution in [0.4, 0.5) is 0 Å². The minimum atomic E-state index is -1.38. The first-order chi connectivity index (χ1) is 7.97. The molecule has 102 valence electrons. The van der Waals surface area contributed by atoms with Crippen molar-refractivity contribution >= 4 is 8.07 Å². The summed E-state index contributed by atoms with van der Waals surface area (Å²) in [6.45, 7) is 12.9. The van der Waals surface area contributed by atoms with E-state index in [1.54, 1.807) is 7.11 Å². The second-order valence-corrected chi connectivity index (χ2v) is 10.4. The van der Waals surface area contributed by atoms with Crippen LogP contribution < -0.4 is 0 Å². The molecule has 0 amide bonds. The van der Waals surface area contributed by atoms with E-state index in [-0.39, 0.29) is 6.29 Å². The van der Waals surface area contributed by atoms with Gasteiger partial charge in [0.15, 0.2) is 6.29 Å². The summed E-state index contributed by atoms with van der Waals surface area (Å²) in [4.78, 5) is 0. The van der Waals surface area contributed by atoms with Gasteiger partial charge >= 0.3 is 0 Å². The van der Waals surface area contributed by atoms with Gasteiger partial charge in [-0.3, -0.25) is 0 Å². The van der Waals surface area contributed by atoms with Crippen LogP contribution in [-0.2, 0) is 9.47 Å². The SMILES string of the molecule is C=CC[Si](C)(C)C(CCCCC)OC(C)OC. The summed E-state index contributed by atoms with van der Waals surface area (Å²) >= 11 is 0. The van der Waals surface area contributed by atoms with Gasteiger partial charge in [0, 0.05) is 7.11 Å². The van der Waals surface area contributed by atoms with Crippen LogP contribution in [-0.4, -0.2) is 27.2 Å². The Morgan fingerprint density at radius 1 is 1.29 bits per heavy atom. The first-order valence-corrected chi connectivity index (χ1v) is 10.1. The number of hydrogen-bond acceptors (Lipinski definition) is 2. The van der Waals surface area contributed by atoms with Crippen molar-refractivity contribution < 1.29 is 9.47 Å². The minimum absolute atomic E-state index is 0.0989. The van der Waals surface area contributed by atoms with Crippen molar-refractivity contribution in [1.29, 1.82) is 0 Å². The highest BCUT2D eigenvalue weighted by atomic mass is 28.3. The van der Waals surface area contributed by atoms with Gasteiger partial charge in [-0.05, 0) is 19.4 Å². The summed E-state index contributed by atoms with van der Waals surface area (Å²) in [6.07, 6.45) is 6.91. The fourth-order valence-electron chi connectivity index (χ4n) is 2.01. The Balaban J connectivity index is 4.41. The van der Waals surface area contributed by atoms with E-state index in [0.717, 1.165) is 12.5 Å². The number of hydrogen-bond donors (Lipinski definition) is 0. The van der Waals surface area contributed by atoms with Gasteiger partial charge in [0.1, 0.15) is 0 Å². The molecule has 0 spiro atoms. The predicted octanol–water partition coefficient (Wildman–Crippen LogP) is 4.38. The molecule has 2 atom stereocenters. The average molecular weight is 258 g/mol. The molecule has 0 aliphatic carbocycles. The quantitative estimate of drug-likeness (QED) is 0.251. The minimum Gasteiger partial charge on any atom is -0.356 e. The molecule has 0 aromatic carbocycles. The van der Waals surface area contributed by atoms with E-state index in [1.807, 2.05) is 13.0 Å². The molecule has 0 aliphatic heterocycles. The highest BCUT2D eigenvalue weighted by Gasteiger charge is 2.32. The van der Waals surface area contributed by atoms with E-state index in [2.05, 4.69) is 26.6 Å². The number of ether oxygens (including phenoxy) is 2. The van der Waals surface area contributed by atoms with Gasteiger partial charge in [0.25, 0.3) is 0 Å². The van der Waals surface area contributed by atoms with Gasteiger partial charge in [0.2, 0.25) is 0 Å². The third-order valence-electron chi connectivity index (χ3n) is 3.30. The Morgan fingerprint density at radius 3 is 2.41 bits per heavy atom. The van der Waals surface area contributed by atoms with Crippen molar-refractivity contribution in [1.82, 2.24) is 0 Å². The predicted molar refractivity (Wildman–Crippen MR) is 78.0 cm³/mol. The van der Waals surface area contributed by atoms with Gasteiger partial charge in [-0.2, -0.15) is 0 Å². The van der Waals surface area contributed by atoms with Crippen LogP contribution in [0, 0.1) is 0 Å². The molecule has 0 saturated heterocycles. The van der Waals surface area contributed by atoms with Crippen molar-refractivity contribution in [2.24, 2.45) is 0 Å². The summed E-state index contributed by atoms with van der Waals surface area (Å²) in [5.74, 6) is 0. The van der Waals surface area contributed by atoms with Crippen LogP contribution in [0.15, 0.2) is 12.7 Å². The third kappa shape index (κ3) is 7.01. The molecule has 0 heterocycles. The molecular weight excluding hydrogens is 228 g/mol. The molecule has 0 aromatic rings. The first kappa shape index (κ1) is 16.9. The molecule has 0 bridgehead atoms. The molecule has 2 unspecified atom stereocenters. The van der Waals surface area contributed by atoms with Crippen molar-refractivity contribution in [3.63, 3.8) is 0 Å². The average Bonchev–Trinajstić information content (AvgIpc) is 2.27. The van der Waals surface area contributed by atoms with Crippen LogP contribution in [0.2, 0.25) is 19.1 Å². The van der Waals surface area contributed by atoms with Gasteiger partial charge in [0.05, 0.1) is 13.8 Å². The first-order valence-electron chi connectivity index (χ1n) is 6.77. The lowest BCUT2D eigenvalue weighted by Gasteiger charge is -2.33. The molecule has 0 rings (SSSR count). The zero-order chi connectivity index (χ0) is 13.3. The van der Waals surface area contributed by atoms with Gasteiger partial charge in [-0.25, -0.2) is 0 Å². The van der Waals surface area contributed by atoms with E-state index >= 15 is 0 Å². The monoisotopic (exact) mass is 258 g/mol. The second kappa shape index (κ2) is 8.89. The maximum atomic E-state index is 6.06. The van der Waals surface area contributed by atoms with E-state index in [1.165, 1.54) is 19.3 Å². The summed E-state index contributed by atoms with van der Waals surface area (Å²) in [5.41, 5.74) is 0.377. The van der Waals surface area contributed by atoms with Crippen LogP contribution in [0.3, 0.4) is 0 Å². The zero-order valence-corrected chi connectivity index (χ0v) is 13.3. The van der Waals surface area contributed by atoms with Crippen LogP contribution in [0.25, 0.3) is 0 Å². The summed E-state index contributed by atoms with van der Waals surface area (Å²) in [5, 5.41) is 0. The molecule has 0 radical (unpaired) electrons. The molecule has 2 nitrogen and oxygen atoms in total. The van der Waals surface area contributed by atoms with Crippen molar-refractivity contribution in [3.8, 4) is 0 Å². The Morgan fingerprint density at radius 2 is 1.94 bits per heavy atom. The molecular formula is C14H30O2Si. The van der Waals surface area contributed by atoms with Crippen molar-refractivity contribution in [2.75, 3.05) is 7.11 Å². The molecule has 0 aromatic heterocycles. The highest BCUT2D eigenvalue weighted by molar-refractivity contribution is 6.79. The Hall–Kier alpha value is -0.123.